The molecule has 4 N–H and O–H groups in total. The minimum absolute atomic E-state index is 0.0488. The zero-order chi connectivity index (χ0) is 21.8. The van der Waals surface area contributed by atoms with Crippen LogP contribution in [-0.2, 0) is 14.3 Å². The van der Waals surface area contributed by atoms with E-state index < -0.39 is 0 Å². The van der Waals surface area contributed by atoms with E-state index in [1.165, 1.54) is 0 Å². The average molecular weight is 412 g/mol. The van der Waals surface area contributed by atoms with Crippen LogP contribution in [-0.4, -0.2) is 44.5 Å². The first-order valence-corrected chi connectivity index (χ1v) is 9.82. The molecule has 3 amide bonds. The van der Waals surface area contributed by atoms with E-state index in [0.29, 0.717) is 42.2 Å². The molecule has 2 aromatic carbocycles. The molecule has 0 aliphatic heterocycles. The number of amides is 3. The molecule has 0 heterocycles. The van der Waals surface area contributed by atoms with Crippen molar-refractivity contribution >= 4 is 34.8 Å². The number of carbonyl (C=O) groups is 3. The molecule has 8 nitrogen and oxygen atoms in total. The summed E-state index contributed by atoms with van der Waals surface area (Å²) in [6, 6.07) is 13.9. The molecule has 0 radical (unpaired) electrons. The van der Waals surface area contributed by atoms with Crippen molar-refractivity contribution in [2.75, 3.05) is 42.8 Å². The summed E-state index contributed by atoms with van der Waals surface area (Å²) in [4.78, 5) is 35.7. The number of nitrogens with one attached hydrogen (secondary N) is 4. The van der Waals surface area contributed by atoms with Crippen molar-refractivity contribution in [2.24, 2.45) is 0 Å². The third-order valence-corrected chi connectivity index (χ3v) is 4.16. The number of benzene rings is 2. The van der Waals surface area contributed by atoms with Gasteiger partial charge in [0.1, 0.15) is 0 Å². The van der Waals surface area contributed by atoms with Crippen LogP contribution in [0.25, 0.3) is 0 Å². The van der Waals surface area contributed by atoms with Crippen molar-refractivity contribution in [3.63, 3.8) is 0 Å². The smallest absolute Gasteiger partial charge is 0.251 e. The Bertz CT molecular complexity index is 852. The lowest BCUT2D eigenvalue weighted by molar-refractivity contribution is -0.116. The van der Waals surface area contributed by atoms with E-state index in [0.717, 1.165) is 6.42 Å². The second-order valence-electron chi connectivity index (χ2n) is 6.56. The first-order valence-electron chi connectivity index (χ1n) is 9.82. The van der Waals surface area contributed by atoms with Gasteiger partial charge in [-0.15, -0.1) is 0 Å². The number of hydrogen-bond acceptors (Lipinski definition) is 5. The lowest BCUT2D eigenvalue weighted by atomic mass is 10.2. The monoisotopic (exact) mass is 412 g/mol. The van der Waals surface area contributed by atoms with E-state index in [1.54, 1.807) is 62.6 Å². The highest BCUT2D eigenvalue weighted by atomic mass is 16.5. The van der Waals surface area contributed by atoms with Gasteiger partial charge in [-0.2, -0.15) is 0 Å². The predicted octanol–water partition coefficient (Wildman–Crippen LogP) is 2.85. The summed E-state index contributed by atoms with van der Waals surface area (Å²) in [5.74, 6) is -0.467. The second-order valence-corrected chi connectivity index (χ2v) is 6.56. The minimum atomic E-state index is -0.227. The first-order chi connectivity index (χ1) is 14.5. The Labute approximate surface area is 176 Å². The van der Waals surface area contributed by atoms with Gasteiger partial charge < -0.3 is 26.0 Å². The molecule has 2 aromatic rings. The summed E-state index contributed by atoms with van der Waals surface area (Å²) < 4.78 is 4.96. The zero-order valence-electron chi connectivity index (χ0n) is 17.3. The molecule has 0 saturated heterocycles. The summed E-state index contributed by atoms with van der Waals surface area (Å²) in [7, 11) is 1.62. The maximum absolute atomic E-state index is 12.2. The summed E-state index contributed by atoms with van der Waals surface area (Å²) >= 11 is 0. The van der Waals surface area contributed by atoms with E-state index in [1.807, 2.05) is 0 Å². The van der Waals surface area contributed by atoms with Crippen molar-refractivity contribution < 1.29 is 19.1 Å². The van der Waals surface area contributed by atoms with E-state index in [2.05, 4.69) is 21.3 Å². The van der Waals surface area contributed by atoms with Crippen molar-refractivity contribution in [1.29, 1.82) is 0 Å². The molecule has 0 fully saturated rings. The van der Waals surface area contributed by atoms with Gasteiger partial charge in [-0.25, -0.2) is 0 Å². The third kappa shape index (κ3) is 7.92. The maximum atomic E-state index is 12.2. The normalized spacial score (nSPS) is 10.2. The standard InChI is InChI=1S/C22H28N4O4/c1-3-20(27)25-17-8-10-18(11-9-17)26-21(28)15-24-19-7-4-6-16(14-19)22(29)23-12-5-13-30-2/h4,6-11,14,24H,3,5,12-13,15H2,1-2H3,(H,23,29)(H,25,27)(H,26,28). The molecule has 0 bridgehead atoms. The highest BCUT2D eigenvalue weighted by molar-refractivity contribution is 5.96. The maximum Gasteiger partial charge on any atom is 0.251 e. The molecule has 0 aliphatic carbocycles. The summed E-state index contributed by atoms with van der Waals surface area (Å²) in [5, 5.41) is 11.4. The highest BCUT2D eigenvalue weighted by Crippen LogP contribution is 2.14. The molecule has 2 rings (SSSR count). The quantitative estimate of drug-likeness (QED) is 0.425. The SMILES string of the molecule is CCC(=O)Nc1ccc(NC(=O)CNc2cccc(C(=O)NCCCOC)c2)cc1. The summed E-state index contributed by atoms with van der Waals surface area (Å²) in [6.45, 7) is 2.95. The van der Waals surface area contributed by atoms with Gasteiger partial charge in [0.2, 0.25) is 11.8 Å². The number of methoxy groups -OCH3 is 1. The minimum Gasteiger partial charge on any atom is -0.385 e. The van der Waals surface area contributed by atoms with Crippen LogP contribution in [0.2, 0.25) is 0 Å². The fourth-order valence-corrected chi connectivity index (χ4v) is 2.56. The van der Waals surface area contributed by atoms with Gasteiger partial charge in [0.05, 0.1) is 6.54 Å². The summed E-state index contributed by atoms with van der Waals surface area (Å²) in [5.41, 5.74) is 2.49. The van der Waals surface area contributed by atoms with E-state index >= 15 is 0 Å². The lowest BCUT2D eigenvalue weighted by Gasteiger charge is -2.10. The molecular formula is C22H28N4O4. The predicted molar refractivity (Wildman–Crippen MR) is 118 cm³/mol. The molecule has 0 saturated carbocycles. The van der Waals surface area contributed by atoms with Crippen molar-refractivity contribution in [1.82, 2.24) is 5.32 Å². The van der Waals surface area contributed by atoms with Gasteiger partial charge in [-0.05, 0) is 48.9 Å². The number of hydrogen-bond donors (Lipinski definition) is 4. The largest absolute Gasteiger partial charge is 0.385 e. The molecule has 0 aliphatic rings. The number of rotatable bonds is 11. The van der Waals surface area contributed by atoms with Crippen molar-refractivity contribution in [3.05, 3.63) is 54.1 Å². The van der Waals surface area contributed by atoms with Crippen LogP contribution in [0.1, 0.15) is 30.1 Å². The van der Waals surface area contributed by atoms with Gasteiger partial charge in [0.25, 0.3) is 5.91 Å². The molecule has 160 valence electrons. The van der Waals surface area contributed by atoms with E-state index in [4.69, 9.17) is 4.74 Å². The van der Waals surface area contributed by atoms with Gasteiger partial charge >= 0.3 is 0 Å². The van der Waals surface area contributed by atoms with Gasteiger partial charge in [-0.1, -0.05) is 13.0 Å². The highest BCUT2D eigenvalue weighted by Gasteiger charge is 2.07. The fourth-order valence-electron chi connectivity index (χ4n) is 2.56. The Hall–Kier alpha value is -3.39. The lowest BCUT2D eigenvalue weighted by Crippen LogP contribution is -2.25. The van der Waals surface area contributed by atoms with Crippen LogP contribution in [0, 0.1) is 0 Å². The van der Waals surface area contributed by atoms with Gasteiger partial charge in [0, 0.05) is 49.3 Å². The zero-order valence-corrected chi connectivity index (χ0v) is 17.3. The third-order valence-electron chi connectivity index (χ3n) is 4.16. The van der Waals surface area contributed by atoms with Crippen molar-refractivity contribution in [2.45, 2.75) is 19.8 Å². The molecule has 8 heteroatoms. The Morgan fingerprint density at radius 1 is 0.900 bits per heavy atom. The number of carbonyl (C=O) groups excluding carboxylic acids is 3. The van der Waals surface area contributed by atoms with Gasteiger partial charge in [0.15, 0.2) is 0 Å². The number of ether oxygens (including phenoxy) is 1. The molecule has 0 aromatic heterocycles. The van der Waals surface area contributed by atoms with E-state index in [9.17, 15) is 14.4 Å². The summed E-state index contributed by atoms with van der Waals surface area (Å²) in [6.07, 6.45) is 1.15. The fraction of sp³-hybridized carbons (Fsp3) is 0.318. The molecule has 0 atom stereocenters. The van der Waals surface area contributed by atoms with Crippen molar-refractivity contribution in [3.8, 4) is 0 Å². The molecule has 0 unspecified atom stereocenters. The van der Waals surface area contributed by atoms with Crippen LogP contribution < -0.4 is 21.3 Å². The Morgan fingerprint density at radius 3 is 2.20 bits per heavy atom. The Morgan fingerprint density at radius 2 is 1.57 bits per heavy atom. The number of anilines is 3. The molecule has 0 spiro atoms. The first kappa shape index (κ1) is 22.9. The van der Waals surface area contributed by atoms with Crippen LogP contribution in [0.15, 0.2) is 48.5 Å². The average Bonchev–Trinajstić information content (AvgIpc) is 2.76. The van der Waals surface area contributed by atoms with Crippen LogP contribution >= 0.6 is 0 Å². The van der Waals surface area contributed by atoms with Gasteiger partial charge in [-0.3, -0.25) is 14.4 Å². The van der Waals surface area contributed by atoms with E-state index in [-0.39, 0.29) is 24.3 Å². The van der Waals surface area contributed by atoms with Crippen LogP contribution in [0.5, 0.6) is 0 Å². The van der Waals surface area contributed by atoms with Crippen LogP contribution in [0.3, 0.4) is 0 Å². The molecular weight excluding hydrogens is 384 g/mol. The second kappa shape index (κ2) is 12.2. The Balaban J connectivity index is 1.81. The van der Waals surface area contributed by atoms with Crippen LogP contribution in [0.4, 0.5) is 17.1 Å². The molecule has 30 heavy (non-hydrogen) atoms. The topological polar surface area (TPSA) is 109 Å². The Kier molecular flexibility index (Phi) is 9.33.